The maximum Gasteiger partial charge on any atom is 0.0540 e. The minimum atomic E-state index is 1.08. The fourth-order valence-corrected chi connectivity index (χ4v) is 3.98. The molecule has 0 spiro atoms. The van der Waals surface area contributed by atoms with Gasteiger partial charge in [0.25, 0.3) is 0 Å². The maximum absolute atomic E-state index is 2.42. The summed E-state index contributed by atoms with van der Waals surface area (Å²) < 4.78 is 0. The minimum absolute atomic E-state index is 1.08. The predicted octanol–water partition coefficient (Wildman–Crippen LogP) is 7.37. The van der Waals surface area contributed by atoms with E-state index in [0.29, 0.717) is 0 Å². The van der Waals surface area contributed by atoms with Crippen molar-refractivity contribution >= 4 is 32.9 Å². The Kier molecular flexibility index (Phi) is 3.99. The van der Waals surface area contributed by atoms with Gasteiger partial charge in [-0.3, -0.25) is 0 Å². The second-order valence-electron chi connectivity index (χ2n) is 6.94. The smallest absolute Gasteiger partial charge is 0.0540 e. The van der Waals surface area contributed by atoms with Gasteiger partial charge in [-0.15, -0.1) is 0 Å². The van der Waals surface area contributed by atoms with Crippen LogP contribution in [0.4, 0.5) is 11.4 Å². The molecule has 0 saturated carbocycles. The third-order valence-corrected chi connectivity index (χ3v) is 5.25. The first-order valence-electron chi connectivity index (χ1n) is 9.54. The summed E-state index contributed by atoms with van der Waals surface area (Å²) in [5.74, 6) is 0. The van der Waals surface area contributed by atoms with Crippen LogP contribution < -0.4 is 4.90 Å². The topological polar surface area (TPSA) is 3.24 Å². The fraction of sp³-hybridized carbons (Fsp3) is 0.0769. The first kappa shape index (κ1) is 15.9. The number of allylic oxidation sites excluding steroid dienone is 3. The normalized spacial score (nSPS) is 13.7. The average Bonchev–Trinajstić information content (AvgIpc) is 2.75. The highest BCUT2D eigenvalue weighted by molar-refractivity contribution is 6.03. The summed E-state index contributed by atoms with van der Waals surface area (Å²) in [4.78, 5) is 2.42. The summed E-state index contributed by atoms with van der Waals surface area (Å²) in [6.07, 6.45) is 9.08. The van der Waals surface area contributed by atoms with Crippen molar-refractivity contribution < 1.29 is 0 Å². The zero-order chi connectivity index (χ0) is 18.1. The van der Waals surface area contributed by atoms with Crippen LogP contribution in [0.3, 0.4) is 0 Å². The van der Waals surface area contributed by atoms with Gasteiger partial charge in [0, 0.05) is 16.5 Å². The van der Waals surface area contributed by atoms with E-state index in [1.807, 2.05) is 0 Å². The number of fused-ring (bicyclic) bond motifs is 2. The Morgan fingerprint density at radius 2 is 1.11 bits per heavy atom. The van der Waals surface area contributed by atoms with E-state index in [1.165, 1.54) is 38.6 Å². The molecule has 1 aliphatic rings. The maximum atomic E-state index is 2.42. The van der Waals surface area contributed by atoms with E-state index in [2.05, 4.69) is 108 Å². The lowest BCUT2D eigenvalue weighted by Gasteiger charge is -2.30. The monoisotopic (exact) mass is 347 g/mol. The molecule has 1 nitrogen and oxygen atoms in total. The molecule has 0 atom stereocenters. The van der Waals surface area contributed by atoms with Crippen molar-refractivity contribution in [2.75, 3.05) is 4.90 Å². The van der Waals surface area contributed by atoms with Crippen LogP contribution in [-0.4, -0.2) is 0 Å². The third-order valence-electron chi connectivity index (χ3n) is 5.25. The van der Waals surface area contributed by atoms with E-state index < -0.39 is 0 Å². The highest BCUT2D eigenvalue weighted by atomic mass is 15.1. The summed E-state index contributed by atoms with van der Waals surface area (Å²) >= 11 is 0. The number of hydrogen-bond acceptors (Lipinski definition) is 1. The number of nitrogens with zero attached hydrogens (tertiary/aromatic N) is 1. The van der Waals surface area contributed by atoms with E-state index in [0.717, 1.165) is 12.8 Å². The van der Waals surface area contributed by atoms with Crippen LogP contribution >= 0.6 is 0 Å². The average molecular weight is 347 g/mol. The van der Waals surface area contributed by atoms with Gasteiger partial charge >= 0.3 is 0 Å². The Bertz CT molecular complexity index is 1090. The van der Waals surface area contributed by atoms with Crippen molar-refractivity contribution in [2.24, 2.45) is 0 Å². The van der Waals surface area contributed by atoms with Gasteiger partial charge in [0.2, 0.25) is 0 Å². The second kappa shape index (κ2) is 6.77. The van der Waals surface area contributed by atoms with Crippen LogP contribution in [0.25, 0.3) is 21.5 Å². The highest BCUT2D eigenvalue weighted by Crippen LogP contribution is 2.40. The Morgan fingerprint density at radius 1 is 0.556 bits per heavy atom. The molecule has 0 fully saturated rings. The minimum Gasteiger partial charge on any atom is -0.310 e. The molecular weight excluding hydrogens is 326 g/mol. The summed E-state index contributed by atoms with van der Waals surface area (Å²) in [6.45, 7) is 0. The highest BCUT2D eigenvalue weighted by Gasteiger charge is 2.18. The fourth-order valence-electron chi connectivity index (χ4n) is 3.98. The molecule has 0 aliphatic heterocycles. The van der Waals surface area contributed by atoms with Crippen LogP contribution in [0, 0.1) is 0 Å². The molecular formula is C26H21N. The van der Waals surface area contributed by atoms with Crippen LogP contribution in [-0.2, 0) is 0 Å². The lowest BCUT2D eigenvalue weighted by Crippen LogP contribution is -2.17. The van der Waals surface area contributed by atoms with Crippen LogP contribution in [0.15, 0.2) is 109 Å². The van der Waals surface area contributed by atoms with E-state index in [1.54, 1.807) is 0 Å². The van der Waals surface area contributed by atoms with Gasteiger partial charge in [0.05, 0.1) is 11.4 Å². The predicted molar refractivity (Wildman–Crippen MR) is 116 cm³/mol. The van der Waals surface area contributed by atoms with Crippen LogP contribution in [0.1, 0.15) is 12.8 Å². The molecule has 0 N–H and O–H groups in total. The summed E-state index contributed by atoms with van der Waals surface area (Å²) in [7, 11) is 0. The molecule has 27 heavy (non-hydrogen) atoms. The van der Waals surface area contributed by atoms with Crippen molar-refractivity contribution in [3.8, 4) is 0 Å². The van der Waals surface area contributed by atoms with Crippen molar-refractivity contribution in [3.63, 3.8) is 0 Å². The first-order valence-corrected chi connectivity index (χ1v) is 9.54. The van der Waals surface area contributed by atoms with E-state index in [-0.39, 0.29) is 0 Å². The van der Waals surface area contributed by atoms with E-state index in [4.69, 9.17) is 0 Å². The third kappa shape index (κ3) is 2.82. The molecule has 5 rings (SSSR count). The number of anilines is 2. The van der Waals surface area contributed by atoms with Gasteiger partial charge in [-0.2, -0.15) is 0 Å². The molecule has 0 bridgehead atoms. The lowest BCUT2D eigenvalue weighted by molar-refractivity contribution is 0.999. The zero-order valence-electron chi connectivity index (χ0n) is 15.2. The van der Waals surface area contributed by atoms with E-state index in [9.17, 15) is 0 Å². The molecule has 0 unspecified atom stereocenters. The number of hydrogen-bond donors (Lipinski definition) is 0. The Hall–Kier alpha value is -3.32. The number of rotatable bonds is 3. The van der Waals surface area contributed by atoms with Gasteiger partial charge in [0.15, 0.2) is 0 Å². The summed E-state index contributed by atoms with van der Waals surface area (Å²) in [6, 6.07) is 30.4. The zero-order valence-corrected chi connectivity index (χ0v) is 15.2. The molecule has 4 aromatic carbocycles. The molecule has 0 amide bonds. The Labute approximate surface area is 159 Å². The molecule has 0 saturated heterocycles. The molecule has 1 heteroatoms. The van der Waals surface area contributed by atoms with Gasteiger partial charge in [-0.25, -0.2) is 0 Å². The number of benzene rings is 4. The van der Waals surface area contributed by atoms with Crippen molar-refractivity contribution in [2.45, 2.75) is 12.8 Å². The van der Waals surface area contributed by atoms with Crippen molar-refractivity contribution in [1.82, 2.24) is 0 Å². The molecule has 130 valence electrons. The lowest BCUT2D eigenvalue weighted by atomic mass is 10.0. The Morgan fingerprint density at radius 3 is 1.67 bits per heavy atom. The van der Waals surface area contributed by atoms with Crippen LogP contribution in [0.5, 0.6) is 0 Å². The summed E-state index contributed by atoms with van der Waals surface area (Å²) in [5, 5.41) is 5.07. The standard InChI is InChI=1S/C26H21N/c1-2-14-22(15-3-1)27(25-18-8-12-20-10-4-6-16-23(20)25)26-19-9-13-21-11-5-7-17-24(21)26/h2,4-19H,1,3H2. The molecule has 0 aromatic heterocycles. The molecule has 0 heterocycles. The SMILES string of the molecule is C1=CC(N(c2cccc3ccccc23)c2cccc3ccccc23)=CCC1. The molecule has 1 aliphatic carbocycles. The van der Waals surface area contributed by atoms with Crippen LogP contribution in [0.2, 0.25) is 0 Å². The quantitative estimate of drug-likeness (QED) is 0.374. The van der Waals surface area contributed by atoms with Crippen molar-refractivity contribution in [1.29, 1.82) is 0 Å². The largest absolute Gasteiger partial charge is 0.310 e. The molecule has 4 aromatic rings. The van der Waals surface area contributed by atoms with Gasteiger partial charge in [-0.05, 0) is 41.8 Å². The van der Waals surface area contributed by atoms with Gasteiger partial charge < -0.3 is 4.90 Å². The second-order valence-corrected chi connectivity index (χ2v) is 6.94. The van der Waals surface area contributed by atoms with Gasteiger partial charge in [-0.1, -0.05) is 84.9 Å². The first-order chi connectivity index (χ1) is 13.4. The Balaban J connectivity index is 1.82. The van der Waals surface area contributed by atoms with Crippen molar-refractivity contribution in [3.05, 3.63) is 109 Å². The molecule has 0 radical (unpaired) electrons. The summed E-state index contributed by atoms with van der Waals surface area (Å²) in [5.41, 5.74) is 3.69. The van der Waals surface area contributed by atoms with Gasteiger partial charge in [0.1, 0.15) is 0 Å². The van der Waals surface area contributed by atoms with E-state index >= 15 is 0 Å².